The summed E-state index contributed by atoms with van der Waals surface area (Å²) in [6.45, 7) is 3.77. The number of methoxy groups -OCH3 is 2. The van der Waals surface area contributed by atoms with Crippen LogP contribution in [0.15, 0.2) is 18.2 Å². The van der Waals surface area contributed by atoms with Gasteiger partial charge < -0.3 is 19.7 Å². The first-order valence-electron chi connectivity index (χ1n) is 7.39. The summed E-state index contributed by atoms with van der Waals surface area (Å²) in [5.41, 5.74) is 0.924. The molecule has 3 rings (SSSR count). The van der Waals surface area contributed by atoms with Gasteiger partial charge in [-0.15, -0.1) is 0 Å². The first-order chi connectivity index (χ1) is 10.2. The summed E-state index contributed by atoms with van der Waals surface area (Å²) in [7, 11) is 3.19. The van der Waals surface area contributed by atoms with E-state index in [0.29, 0.717) is 22.5 Å². The lowest BCUT2D eigenvalue weighted by molar-refractivity contribution is 0.0775. The van der Waals surface area contributed by atoms with Crippen LogP contribution in [-0.4, -0.2) is 51.2 Å². The molecule has 21 heavy (non-hydrogen) atoms. The molecule has 5 heteroatoms. The maximum absolute atomic E-state index is 12.7. The van der Waals surface area contributed by atoms with Crippen LogP contribution >= 0.6 is 0 Å². The highest BCUT2D eigenvalue weighted by Crippen LogP contribution is 2.37. The number of rotatable bonds is 3. The molecule has 1 atom stereocenters. The van der Waals surface area contributed by atoms with Gasteiger partial charge in [0.25, 0.3) is 5.91 Å². The number of amides is 1. The van der Waals surface area contributed by atoms with E-state index in [-0.39, 0.29) is 5.91 Å². The van der Waals surface area contributed by atoms with Crippen molar-refractivity contribution in [3.63, 3.8) is 0 Å². The van der Waals surface area contributed by atoms with Gasteiger partial charge in [-0.3, -0.25) is 4.79 Å². The van der Waals surface area contributed by atoms with Gasteiger partial charge in [0.2, 0.25) is 0 Å². The lowest BCUT2D eigenvalue weighted by Gasteiger charge is -2.23. The van der Waals surface area contributed by atoms with Crippen LogP contribution in [-0.2, 0) is 0 Å². The number of hydrogen-bond donors (Lipinski definition) is 1. The van der Waals surface area contributed by atoms with Gasteiger partial charge in [-0.1, -0.05) is 0 Å². The van der Waals surface area contributed by atoms with Crippen LogP contribution in [0.3, 0.4) is 0 Å². The Bertz CT molecular complexity index is 516. The zero-order valence-corrected chi connectivity index (χ0v) is 12.6. The van der Waals surface area contributed by atoms with Gasteiger partial charge in [-0.25, -0.2) is 0 Å². The second kappa shape index (κ2) is 5.56. The summed E-state index contributed by atoms with van der Waals surface area (Å²) in [5.74, 6) is 1.36. The molecule has 2 heterocycles. The molecular weight excluding hydrogens is 268 g/mol. The third kappa shape index (κ3) is 2.70. The first-order valence-corrected chi connectivity index (χ1v) is 7.39. The molecule has 0 aliphatic carbocycles. The highest BCUT2D eigenvalue weighted by atomic mass is 16.5. The number of hydrogen-bond acceptors (Lipinski definition) is 4. The lowest BCUT2D eigenvalue weighted by atomic mass is 9.86. The maximum Gasteiger partial charge on any atom is 0.254 e. The van der Waals surface area contributed by atoms with Gasteiger partial charge in [0.1, 0.15) is 11.5 Å². The number of carbonyl (C=O) groups is 1. The van der Waals surface area contributed by atoms with Gasteiger partial charge in [-0.05, 0) is 31.5 Å². The quantitative estimate of drug-likeness (QED) is 0.917. The van der Waals surface area contributed by atoms with Crippen LogP contribution in [0.4, 0.5) is 0 Å². The Labute approximate surface area is 125 Å². The van der Waals surface area contributed by atoms with Gasteiger partial charge in [0.05, 0.1) is 14.2 Å². The maximum atomic E-state index is 12.7. The van der Waals surface area contributed by atoms with Gasteiger partial charge in [0, 0.05) is 36.7 Å². The Morgan fingerprint density at radius 2 is 1.90 bits per heavy atom. The topological polar surface area (TPSA) is 50.8 Å². The molecule has 5 nitrogen and oxygen atoms in total. The second-order valence-corrected chi connectivity index (χ2v) is 6.00. The Kier molecular flexibility index (Phi) is 3.76. The SMILES string of the molecule is COc1cc(OC)cc(C(=O)N2CCC3(CCNC3)C2)c1. The van der Waals surface area contributed by atoms with E-state index in [1.54, 1.807) is 32.4 Å². The highest BCUT2D eigenvalue weighted by Gasteiger charge is 2.42. The Hall–Kier alpha value is -1.75. The first kappa shape index (κ1) is 14.2. The zero-order chi connectivity index (χ0) is 14.9. The average molecular weight is 290 g/mol. The molecule has 114 valence electrons. The monoisotopic (exact) mass is 290 g/mol. The average Bonchev–Trinajstić information content (AvgIpc) is 3.16. The number of carbonyl (C=O) groups excluding carboxylic acids is 1. The van der Waals surface area contributed by atoms with E-state index in [2.05, 4.69) is 5.32 Å². The van der Waals surface area contributed by atoms with E-state index in [4.69, 9.17) is 9.47 Å². The number of likely N-dealkylation sites (tertiary alicyclic amines) is 1. The van der Waals surface area contributed by atoms with Crippen LogP contribution in [0.2, 0.25) is 0 Å². The van der Waals surface area contributed by atoms with Crippen molar-refractivity contribution >= 4 is 5.91 Å². The predicted octanol–water partition coefficient (Wildman–Crippen LogP) is 1.53. The van der Waals surface area contributed by atoms with Gasteiger partial charge in [-0.2, -0.15) is 0 Å². The zero-order valence-electron chi connectivity index (χ0n) is 12.6. The molecule has 2 aliphatic rings. The number of nitrogens with one attached hydrogen (secondary N) is 1. The molecule has 2 saturated heterocycles. The van der Waals surface area contributed by atoms with Crippen molar-refractivity contribution in [1.82, 2.24) is 10.2 Å². The van der Waals surface area contributed by atoms with E-state index < -0.39 is 0 Å². The molecule has 2 aliphatic heterocycles. The van der Waals surface area contributed by atoms with E-state index in [0.717, 1.165) is 39.0 Å². The third-order valence-electron chi connectivity index (χ3n) is 4.66. The standard InChI is InChI=1S/C16H22N2O3/c1-20-13-7-12(8-14(9-13)21-2)15(19)18-6-4-16(11-18)3-5-17-10-16/h7-9,17H,3-6,10-11H2,1-2H3. The summed E-state index contributed by atoms with van der Waals surface area (Å²) in [4.78, 5) is 14.7. The molecule has 0 bridgehead atoms. The lowest BCUT2D eigenvalue weighted by Crippen LogP contribution is -2.33. The molecule has 1 aromatic carbocycles. The van der Waals surface area contributed by atoms with Crippen LogP contribution in [0.5, 0.6) is 11.5 Å². The third-order valence-corrected chi connectivity index (χ3v) is 4.66. The normalized spacial score (nSPS) is 24.6. The van der Waals surface area contributed by atoms with Crippen molar-refractivity contribution in [3.05, 3.63) is 23.8 Å². The van der Waals surface area contributed by atoms with E-state index in [9.17, 15) is 4.79 Å². The van der Waals surface area contributed by atoms with Crippen molar-refractivity contribution in [3.8, 4) is 11.5 Å². The van der Waals surface area contributed by atoms with Crippen molar-refractivity contribution in [1.29, 1.82) is 0 Å². The molecule has 0 saturated carbocycles. The minimum absolute atomic E-state index is 0.0657. The molecule has 1 N–H and O–H groups in total. The molecule has 0 aromatic heterocycles. The number of benzene rings is 1. The van der Waals surface area contributed by atoms with E-state index in [1.807, 2.05) is 4.90 Å². The largest absolute Gasteiger partial charge is 0.497 e. The minimum atomic E-state index is 0.0657. The van der Waals surface area contributed by atoms with Crippen LogP contribution < -0.4 is 14.8 Å². The Morgan fingerprint density at radius 3 is 2.48 bits per heavy atom. The molecule has 1 unspecified atom stereocenters. The van der Waals surface area contributed by atoms with Crippen molar-refractivity contribution < 1.29 is 14.3 Å². The predicted molar refractivity (Wildman–Crippen MR) is 80.0 cm³/mol. The van der Waals surface area contributed by atoms with Crippen LogP contribution in [0.25, 0.3) is 0 Å². The van der Waals surface area contributed by atoms with Crippen molar-refractivity contribution in [2.45, 2.75) is 12.8 Å². The molecule has 2 fully saturated rings. The minimum Gasteiger partial charge on any atom is -0.497 e. The molecule has 1 amide bonds. The summed E-state index contributed by atoms with van der Waals surface area (Å²) < 4.78 is 10.5. The van der Waals surface area contributed by atoms with Crippen LogP contribution in [0.1, 0.15) is 23.2 Å². The van der Waals surface area contributed by atoms with E-state index in [1.165, 1.54) is 0 Å². The van der Waals surface area contributed by atoms with Crippen molar-refractivity contribution in [2.75, 3.05) is 40.4 Å². The second-order valence-electron chi connectivity index (χ2n) is 6.00. The van der Waals surface area contributed by atoms with E-state index >= 15 is 0 Å². The summed E-state index contributed by atoms with van der Waals surface area (Å²) in [6, 6.07) is 5.34. The molecule has 1 aromatic rings. The molecular formula is C16H22N2O3. The summed E-state index contributed by atoms with van der Waals surface area (Å²) in [6.07, 6.45) is 2.26. The smallest absolute Gasteiger partial charge is 0.254 e. The van der Waals surface area contributed by atoms with Crippen molar-refractivity contribution in [2.24, 2.45) is 5.41 Å². The Morgan fingerprint density at radius 1 is 1.19 bits per heavy atom. The Balaban J connectivity index is 1.79. The fraction of sp³-hybridized carbons (Fsp3) is 0.562. The number of ether oxygens (including phenoxy) is 2. The fourth-order valence-electron chi connectivity index (χ4n) is 3.37. The van der Waals surface area contributed by atoms with Gasteiger partial charge in [0.15, 0.2) is 0 Å². The molecule has 0 radical (unpaired) electrons. The molecule has 1 spiro atoms. The number of nitrogens with zero attached hydrogens (tertiary/aromatic N) is 1. The fourth-order valence-corrected chi connectivity index (χ4v) is 3.37. The summed E-state index contributed by atoms with van der Waals surface area (Å²) in [5, 5.41) is 3.41. The van der Waals surface area contributed by atoms with Gasteiger partial charge >= 0.3 is 0 Å². The summed E-state index contributed by atoms with van der Waals surface area (Å²) >= 11 is 0. The highest BCUT2D eigenvalue weighted by molar-refractivity contribution is 5.95. The van der Waals surface area contributed by atoms with Crippen LogP contribution in [0, 0.1) is 5.41 Å².